The van der Waals surface area contributed by atoms with Crippen molar-refractivity contribution in [3.05, 3.63) is 55.7 Å². The highest BCUT2D eigenvalue weighted by Crippen LogP contribution is 2.45. The van der Waals surface area contributed by atoms with E-state index in [4.69, 9.17) is 9.47 Å². The van der Waals surface area contributed by atoms with Gasteiger partial charge in [-0.2, -0.15) is 0 Å². The molecule has 9 nitrogen and oxygen atoms in total. The second-order valence-corrected chi connectivity index (χ2v) is 11.0. The molecule has 1 unspecified atom stereocenters. The molecule has 1 aromatic carbocycles. The topological polar surface area (TPSA) is 115 Å². The van der Waals surface area contributed by atoms with Crippen LogP contribution in [0.3, 0.4) is 0 Å². The van der Waals surface area contributed by atoms with Gasteiger partial charge >= 0.3 is 0 Å². The summed E-state index contributed by atoms with van der Waals surface area (Å²) in [5.41, 5.74) is 1.11. The second-order valence-electron chi connectivity index (χ2n) is 8.61. The van der Waals surface area contributed by atoms with Crippen molar-refractivity contribution in [3.8, 4) is 11.5 Å². The van der Waals surface area contributed by atoms with Crippen molar-refractivity contribution in [1.82, 2.24) is 15.2 Å². The number of carbonyl (C=O) groups is 2. The van der Waals surface area contributed by atoms with Crippen LogP contribution in [0, 0.1) is 20.8 Å². The Kier molecular flexibility index (Phi) is 8.23. The van der Waals surface area contributed by atoms with Gasteiger partial charge in [0.1, 0.15) is 5.01 Å². The van der Waals surface area contributed by atoms with Crippen LogP contribution in [0.5, 0.6) is 11.5 Å². The Morgan fingerprint density at radius 2 is 1.84 bits per heavy atom. The van der Waals surface area contributed by atoms with Crippen LogP contribution in [-0.2, 0) is 4.79 Å². The Morgan fingerprint density at radius 3 is 2.46 bits per heavy atom. The molecular weight excluding hydrogens is 512 g/mol. The van der Waals surface area contributed by atoms with E-state index in [-0.39, 0.29) is 10.7 Å². The van der Waals surface area contributed by atoms with Gasteiger partial charge in [-0.25, -0.2) is 4.98 Å². The first-order chi connectivity index (χ1) is 17.8. The number of amides is 1. The normalized spacial score (nSPS) is 15.5. The number of unbranched alkanes of at least 4 members (excludes halogenated alkanes) is 2. The zero-order valence-electron chi connectivity index (χ0n) is 21.5. The largest absolute Gasteiger partial charge is 0.503 e. The van der Waals surface area contributed by atoms with Crippen molar-refractivity contribution in [1.29, 1.82) is 0 Å². The molecule has 0 fully saturated rings. The molecule has 0 saturated carbocycles. The number of thiazole rings is 1. The lowest BCUT2D eigenvalue weighted by molar-refractivity contribution is -0.117. The van der Waals surface area contributed by atoms with Crippen LogP contribution in [0.1, 0.15) is 70.1 Å². The van der Waals surface area contributed by atoms with E-state index in [9.17, 15) is 14.7 Å². The number of ether oxygens (including phenoxy) is 2. The molecule has 1 aliphatic heterocycles. The molecule has 0 radical (unpaired) electrons. The number of rotatable bonds is 11. The lowest BCUT2D eigenvalue weighted by Gasteiger charge is -2.25. The summed E-state index contributed by atoms with van der Waals surface area (Å²) in [5.74, 6) is -0.673. The molecule has 0 aliphatic carbocycles. The molecule has 196 valence electrons. The SMILES string of the molecule is CCCCCOc1ccc(C2C(C(=O)c3sc(C)nc3C)=C(O)C(=O)N2c2nnc(C)s2)cc1OCC. The maximum atomic E-state index is 13.8. The number of Topliss-reactive ketones (excluding diaryl/α,β-unsaturated/α-hetero) is 1. The first-order valence-corrected chi connectivity index (χ1v) is 13.8. The first-order valence-electron chi connectivity index (χ1n) is 12.2. The summed E-state index contributed by atoms with van der Waals surface area (Å²) in [6, 6.07) is 4.39. The van der Waals surface area contributed by atoms with Gasteiger partial charge in [-0.1, -0.05) is 37.2 Å². The molecule has 4 rings (SSSR count). The fourth-order valence-electron chi connectivity index (χ4n) is 4.21. The Morgan fingerprint density at radius 1 is 1.05 bits per heavy atom. The number of ketones is 1. The van der Waals surface area contributed by atoms with Crippen LogP contribution in [-0.4, -0.2) is 45.2 Å². The second kappa shape index (κ2) is 11.4. The summed E-state index contributed by atoms with van der Waals surface area (Å²) in [7, 11) is 0. The van der Waals surface area contributed by atoms with Gasteiger partial charge < -0.3 is 14.6 Å². The number of anilines is 1. The summed E-state index contributed by atoms with van der Waals surface area (Å²) >= 11 is 2.44. The standard InChI is InChI=1S/C26H30N4O5S2/c1-6-8-9-12-35-18-11-10-17(13-19(18)34-7-2)21-20(22(31)24-14(3)27-15(4)36-24)23(32)25(33)30(21)26-29-28-16(5)37-26/h10-11,13,21,32H,6-9,12H2,1-5H3. The molecule has 0 spiro atoms. The van der Waals surface area contributed by atoms with E-state index in [1.54, 1.807) is 32.0 Å². The molecule has 37 heavy (non-hydrogen) atoms. The highest BCUT2D eigenvalue weighted by molar-refractivity contribution is 7.15. The number of aliphatic hydroxyl groups is 1. The van der Waals surface area contributed by atoms with Crippen molar-refractivity contribution in [2.45, 2.75) is 59.9 Å². The average molecular weight is 543 g/mol. The van der Waals surface area contributed by atoms with Crippen molar-refractivity contribution >= 4 is 39.5 Å². The van der Waals surface area contributed by atoms with E-state index < -0.39 is 23.5 Å². The van der Waals surface area contributed by atoms with Gasteiger partial charge in [0, 0.05) is 0 Å². The summed E-state index contributed by atoms with van der Waals surface area (Å²) in [6.45, 7) is 10.3. The van der Waals surface area contributed by atoms with E-state index in [0.29, 0.717) is 45.9 Å². The molecule has 3 heterocycles. The van der Waals surface area contributed by atoms with Crippen molar-refractivity contribution in [3.63, 3.8) is 0 Å². The first kappa shape index (κ1) is 26.7. The Bertz CT molecular complexity index is 1350. The number of nitrogens with zero attached hydrogens (tertiary/aromatic N) is 4. The zero-order valence-corrected chi connectivity index (χ0v) is 23.2. The molecule has 0 saturated heterocycles. The number of hydrogen-bond donors (Lipinski definition) is 1. The third-order valence-corrected chi connectivity index (χ3v) is 7.78. The van der Waals surface area contributed by atoms with Crippen molar-refractivity contribution in [2.75, 3.05) is 18.1 Å². The minimum Gasteiger partial charge on any atom is -0.503 e. The van der Waals surface area contributed by atoms with Gasteiger partial charge in [0.15, 0.2) is 17.3 Å². The van der Waals surface area contributed by atoms with Crippen LogP contribution in [0.25, 0.3) is 0 Å². The van der Waals surface area contributed by atoms with Gasteiger partial charge in [-0.05, 0) is 51.8 Å². The molecule has 0 bridgehead atoms. The third kappa shape index (κ3) is 5.37. The molecular formula is C26H30N4O5S2. The van der Waals surface area contributed by atoms with Crippen molar-refractivity contribution < 1.29 is 24.2 Å². The lowest BCUT2D eigenvalue weighted by atomic mass is 9.95. The highest BCUT2D eigenvalue weighted by Gasteiger charge is 2.47. The Balaban J connectivity index is 1.81. The fraction of sp³-hybridized carbons (Fsp3) is 0.423. The number of aliphatic hydroxyl groups excluding tert-OH is 1. The number of aromatic nitrogens is 3. The van der Waals surface area contributed by atoms with Gasteiger partial charge in [0.05, 0.1) is 40.4 Å². The van der Waals surface area contributed by atoms with Gasteiger partial charge in [-0.3, -0.25) is 14.5 Å². The minimum absolute atomic E-state index is 0.0244. The van der Waals surface area contributed by atoms with E-state index >= 15 is 0 Å². The van der Waals surface area contributed by atoms with E-state index in [0.717, 1.165) is 24.3 Å². The monoisotopic (exact) mass is 542 g/mol. The van der Waals surface area contributed by atoms with Crippen LogP contribution in [0.2, 0.25) is 0 Å². The minimum atomic E-state index is -0.928. The smallest absolute Gasteiger partial charge is 0.296 e. The zero-order chi connectivity index (χ0) is 26.7. The molecule has 11 heteroatoms. The fourth-order valence-corrected chi connectivity index (χ4v) is 5.80. The molecule has 1 atom stereocenters. The lowest BCUT2D eigenvalue weighted by Crippen LogP contribution is -2.31. The predicted octanol–water partition coefficient (Wildman–Crippen LogP) is 5.67. The maximum absolute atomic E-state index is 13.8. The highest BCUT2D eigenvalue weighted by atomic mass is 32.1. The summed E-state index contributed by atoms with van der Waals surface area (Å²) in [4.78, 5) is 33.2. The summed E-state index contributed by atoms with van der Waals surface area (Å²) in [6.07, 6.45) is 3.07. The van der Waals surface area contributed by atoms with E-state index in [1.807, 2.05) is 13.8 Å². The number of carbonyl (C=O) groups excluding carboxylic acids is 2. The van der Waals surface area contributed by atoms with Crippen LogP contribution >= 0.6 is 22.7 Å². The summed E-state index contributed by atoms with van der Waals surface area (Å²) < 4.78 is 11.8. The predicted molar refractivity (Wildman–Crippen MR) is 143 cm³/mol. The summed E-state index contributed by atoms with van der Waals surface area (Å²) in [5, 5.41) is 20.9. The maximum Gasteiger partial charge on any atom is 0.296 e. The molecule has 1 aliphatic rings. The number of aryl methyl sites for hydroxylation is 3. The van der Waals surface area contributed by atoms with E-state index in [1.165, 1.54) is 27.6 Å². The van der Waals surface area contributed by atoms with Crippen LogP contribution < -0.4 is 14.4 Å². The van der Waals surface area contributed by atoms with Crippen LogP contribution in [0.15, 0.2) is 29.5 Å². The number of hydrogen-bond acceptors (Lipinski definition) is 10. The molecule has 1 N–H and O–H groups in total. The van der Waals surface area contributed by atoms with Gasteiger partial charge in [-0.15, -0.1) is 21.5 Å². The Labute approximate surface area is 223 Å². The average Bonchev–Trinajstić information content (AvgIpc) is 3.52. The quantitative estimate of drug-likeness (QED) is 0.243. The van der Waals surface area contributed by atoms with Crippen molar-refractivity contribution in [2.24, 2.45) is 0 Å². The molecule has 1 amide bonds. The third-order valence-electron chi connectivity index (χ3n) is 5.87. The van der Waals surface area contributed by atoms with E-state index in [2.05, 4.69) is 22.1 Å². The number of benzene rings is 1. The van der Waals surface area contributed by atoms with Gasteiger partial charge in [0.2, 0.25) is 10.9 Å². The van der Waals surface area contributed by atoms with Crippen LogP contribution in [0.4, 0.5) is 5.13 Å². The van der Waals surface area contributed by atoms with Gasteiger partial charge in [0.25, 0.3) is 5.91 Å². The Hall–Kier alpha value is -3.31. The molecule has 3 aromatic rings. The molecule has 2 aromatic heterocycles.